The lowest BCUT2D eigenvalue weighted by atomic mass is 9.86. The van der Waals surface area contributed by atoms with Crippen molar-refractivity contribution in [2.24, 2.45) is 17.4 Å². The first-order valence-corrected chi connectivity index (χ1v) is 7.02. The Morgan fingerprint density at radius 3 is 2.42 bits per heavy atom. The molecule has 1 unspecified atom stereocenters. The van der Waals surface area contributed by atoms with Gasteiger partial charge in [0.15, 0.2) is 11.5 Å². The summed E-state index contributed by atoms with van der Waals surface area (Å²) < 4.78 is 5.43. The van der Waals surface area contributed by atoms with E-state index in [9.17, 15) is 5.11 Å². The van der Waals surface area contributed by atoms with Crippen LogP contribution in [0.1, 0.15) is 38.2 Å². The molecule has 0 fully saturated rings. The molecular formula is C15H26N2O2. The minimum Gasteiger partial charge on any atom is -0.504 e. The van der Waals surface area contributed by atoms with Gasteiger partial charge in [-0.2, -0.15) is 0 Å². The minimum atomic E-state index is 0.254. The fourth-order valence-corrected chi connectivity index (χ4v) is 2.35. The third-order valence-electron chi connectivity index (χ3n) is 3.55. The molecule has 1 atom stereocenters. The standard InChI is InChI=1S/C15H26N2O2/c1-3-12(8-11(9-16)10-17)13-6-5-7-14(15(13)18)19-4-2/h5-7,11-12,18H,3-4,8-10,16-17H2,1-2H3. The maximum absolute atomic E-state index is 10.3. The van der Waals surface area contributed by atoms with Crippen LogP contribution in [0, 0.1) is 5.92 Å². The zero-order valence-corrected chi connectivity index (χ0v) is 11.9. The number of hydrogen-bond donors (Lipinski definition) is 3. The smallest absolute Gasteiger partial charge is 0.161 e. The molecule has 0 aliphatic rings. The van der Waals surface area contributed by atoms with Crippen LogP contribution >= 0.6 is 0 Å². The van der Waals surface area contributed by atoms with Gasteiger partial charge in [-0.25, -0.2) is 0 Å². The van der Waals surface area contributed by atoms with Crippen molar-refractivity contribution in [3.05, 3.63) is 23.8 Å². The van der Waals surface area contributed by atoms with E-state index in [4.69, 9.17) is 16.2 Å². The summed E-state index contributed by atoms with van der Waals surface area (Å²) in [5.74, 6) is 1.36. The quantitative estimate of drug-likeness (QED) is 0.674. The van der Waals surface area contributed by atoms with Crippen LogP contribution in [-0.2, 0) is 0 Å². The first-order valence-electron chi connectivity index (χ1n) is 7.02. The van der Waals surface area contributed by atoms with Gasteiger partial charge < -0.3 is 21.3 Å². The third-order valence-corrected chi connectivity index (χ3v) is 3.55. The lowest BCUT2D eigenvalue weighted by Gasteiger charge is -2.22. The van der Waals surface area contributed by atoms with Crippen LogP contribution in [0.3, 0.4) is 0 Å². The number of para-hydroxylation sites is 1. The molecule has 0 amide bonds. The lowest BCUT2D eigenvalue weighted by Crippen LogP contribution is -2.25. The summed E-state index contributed by atoms with van der Waals surface area (Å²) >= 11 is 0. The van der Waals surface area contributed by atoms with Gasteiger partial charge in [0, 0.05) is 5.56 Å². The molecule has 0 spiro atoms. The van der Waals surface area contributed by atoms with E-state index in [1.807, 2.05) is 19.1 Å². The summed E-state index contributed by atoms with van der Waals surface area (Å²) in [7, 11) is 0. The van der Waals surface area contributed by atoms with E-state index in [1.54, 1.807) is 6.07 Å². The van der Waals surface area contributed by atoms with Gasteiger partial charge in [0.1, 0.15) is 0 Å². The average molecular weight is 266 g/mol. The van der Waals surface area contributed by atoms with E-state index >= 15 is 0 Å². The summed E-state index contributed by atoms with van der Waals surface area (Å²) in [6.45, 7) is 5.73. The molecule has 5 N–H and O–H groups in total. The van der Waals surface area contributed by atoms with Crippen molar-refractivity contribution in [3.8, 4) is 11.5 Å². The van der Waals surface area contributed by atoms with Gasteiger partial charge in [-0.1, -0.05) is 19.1 Å². The van der Waals surface area contributed by atoms with E-state index in [0.717, 1.165) is 18.4 Å². The van der Waals surface area contributed by atoms with Crippen molar-refractivity contribution in [2.45, 2.75) is 32.6 Å². The number of hydrogen-bond acceptors (Lipinski definition) is 4. The molecule has 19 heavy (non-hydrogen) atoms. The van der Waals surface area contributed by atoms with Crippen molar-refractivity contribution < 1.29 is 9.84 Å². The molecule has 0 aliphatic carbocycles. The second-order valence-electron chi connectivity index (χ2n) is 4.81. The van der Waals surface area contributed by atoms with Crippen LogP contribution in [0.4, 0.5) is 0 Å². The lowest BCUT2D eigenvalue weighted by molar-refractivity contribution is 0.314. The summed E-state index contributed by atoms with van der Waals surface area (Å²) in [5, 5.41) is 10.3. The first-order chi connectivity index (χ1) is 9.17. The molecule has 1 aromatic carbocycles. The Balaban J connectivity index is 2.94. The number of benzene rings is 1. The highest BCUT2D eigenvalue weighted by molar-refractivity contribution is 5.47. The van der Waals surface area contributed by atoms with Gasteiger partial charge in [0.2, 0.25) is 0 Å². The second-order valence-corrected chi connectivity index (χ2v) is 4.81. The first kappa shape index (κ1) is 15.8. The highest BCUT2D eigenvalue weighted by Gasteiger charge is 2.19. The SMILES string of the molecule is CCOc1cccc(C(CC)CC(CN)CN)c1O. The summed E-state index contributed by atoms with van der Waals surface area (Å²) in [5.41, 5.74) is 12.4. The molecule has 0 saturated heterocycles. The van der Waals surface area contributed by atoms with E-state index in [1.165, 1.54) is 0 Å². The highest BCUT2D eigenvalue weighted by atomic mass is 16.5. The van der Waals surface area contributed by atoms with Crippen molar-refractivity contribution in [3.63, 3.8) is 0 Å². The van der Waals surface area contributed by atoms with Crippen LogP contribution in [0.5, 0.6) is 11.5 Å². The zero-order chi connectivity index (χ0) is 14.3. The van der Waals surface area contributed by atoms with E-state index in [-0.39, 0.29) is 11.7 Å². The number of phenols is 1. The maximum atomic E-state index is 10.3. The Labute approximate surface area is 115 Å². The number of nitrogens with two attached hydrogens (primary N) is 2. The molecule has 0 radical (unpaired) electrons. The Kier molecular flexibility index (Phi) is 6.67. The number of ether oxygens (including phenoxy) is 1. The predicted molar refractivity (Wildman–Crippen MR) is 78.5 cm³/mol. The maximum Gasteiger partial charge on any atom is 0.161 e. The van der Waals surface area contributed by atoms with Gasteiger partial charge in [0.25, 0.3) is 0 Å². The van der Waals surface area contributed by atoms with Gasteiger partial charge in [-0.3, -0.25) is 0 Å². The predicted octanol–water partition coefficient (Wildman–Crippen LogP) is 2.21. The van der Waals surface area contributed by atoms with Crippen LogP contribution in [0.2, 0.25) is 0 Å². The Morgan fingerprint density at radius 1 is 1.21 bits per heavy atom. The molecular weight excluding hydrogens is 240 g/mol. The van der Waals surface area contributed by atoms with Gasteiger partial charge in [-0.05, 0) is 50.8 Å². The van der Waals surface area contributed by atoms with Crippen molar-refractivity contribution >= 4 is 0 Å². The number of phenolic OH excluding ortho intramolecular Hbond substituents is 1. The number of aromatic hydroxyl groups is 1. The monoisotopic (exact) mass is 266 g/mol. The van der Waals surface area contributed by atoms with Gasteiger partial charge >= 0.3 is 0 Å². The summed E-state index contributed by atoms with van der Waals surface area (Å²) in [4.78, 5) is 0. The van der Waals surface area contributed by atoms with E-state index < -0.39 is 0 Å². The van der Waals surface area contributed by atoms with Crippen molar-refractivity contribution in [1.29, 1.82) is 0 Å². The van der Waals surface area contributed by atoms with Crippen molar-refractivity contribution in [1.82, 2.24) is 0 Å². The summed E-state index contributed by atoms with van der Waals surface area (Å²) in [6.07, 6.45) is 1.84. The molecule has 4 heteroatoms. The van der Waals surface area contributed by atoms with Crippen LogP contribution in [-0.4, -0.2) is 24.8 Å². The van der Waals surface area contributed by atoms with Crippen LogP contribution in [0.25, 0.3) is 0 Å². The normalized spacial score (nSPS) is 12.7. The topological polar surface area (TPSA) is 81.5 Å². The van der Waals surface area contributed by atoms with Gasteiger partial charge in [-0.15, -0.1) is 0 Å². The second kappa shape index (κ2) is 8.02. The highest BCUT2D eigenvalue weighted by Crippen LogP contribution is 2.38. The van der Waals surface area contributed by atoms with Gasteiger partial charge in [0.05, 0.1) is 6.61 Å². The molecule has 0 aliphatic heterocycles. The van der Waals surface area contributed by atoms with Crippen LogP contribution < -0.4 is 16.2 Å². The molecule has 4 nitrogen and oxygen atoms in total. The Morgan fingerprint density at radius 2 is 1.89 bits per heavy atom. The molecule has 0 saturated carbocycles. The van der Waals surface area contributed by atoms with Crippen molar-refractivity contribution in [2.75, 3.05) is 19.7 Å². The number of rotatable bonds is 8. The van der Waals surface area contributed by atoms with Crippen LogP contribution in [0.15, 0.2) is 18.2 Å². The minimum absolute atomic E-state index is 0.254. The van der Waals surface area contributed by atoms with E-state index in [2.05, 4.69) is 6.92 Å². The van der Waals surface area contributed by atoms with E-state index in [0.29, 0.717) is 31.4 Å². The molecule has 0 bridgehead atoms. The third kappa shape index (κ3) is 4.11. The zero-order valence-electron chi connectivity index (χ0n) is 11.9. The molecule has 0 heterocycles. The Bertz CT molecular complexity index is 378. The molecule has 1 aromatic rings. The Hall–Kier alpha value is -1.26. The average Bonchev–Trinajstić information content (AvgIpc) is 2.43. The fraction of sp³-hybridized carbons (Fsp3) is 0.600. The summed E-state index contributed by atoms with van der Waals surface area (Å²) in [6, 6.07) is 5.66. The molecule has 108 valence electrons. The fourth-order valence-electron chi connectivity index (χ4n) is 2.35. The molecule has 0 aromatic heterocycles. The largest absolute Gasteiger partial charge is 0.504 e. The molecule has 1 rings (SSSR count).